The second-order valence-electron chi connectivity index (χ2n) is 25.4. The molecule has 426 valence electrons. The summed E-state index contributed by atoms with van der Waals surface area (Å²) in [5, 5.41) is 4.43. The summed E-state index contributed by atoms with van der Waals surface area (Å²) in [5.74, 6) is 0. The van der Waals surface area contributed by atoms with Gasteiger partial charge in [0.25, 0.3) is 0 Å². The number of nitrogens with one attached hydrogen (secondary N) is 3. The van der Waals surface area contributed by atoms with Crippen molar-refractivity contribution in [3.63, 3.8) is 0 Å². The maximum absolute atomic E-state index is 12.7. The number of amides is 1. The van der Waals surface area contributed by atoms with Crippen LogP contribution in [0.3, 0.4) is 0 Å². The monoisotopic (exact) mass is 1060 g/mol. The molecule has 0 aliphatic rings. The minimum absolute atomic E-state index is 0.0966. The second-order valence-corrected chi connectivity index (χ2v) is 29.0. The number of anilines is 1. The van der Waals surface area contributed by atoms with Crippen molar-refractivity contribution in [3.05, 3.63) is 36.4 Å². The molecule has 0 spiro atoms. The molecule has 0 aliphatic carbocycles. The third-order valence-electron chi connectivity index (χ3n) is 9.75. The maximum Gasteiger partial charge on any atom is 0.407 e. The first-order valence-electron chi connectivity index (χ1n) is 25.9. The van der Waals surface area contributed by atoms with Gasteiger partial charge in [-0.05, 0) is 92.1 Å². The summed E-state index contributed by atoms with van der Waals surface area (Å²) in [4.78, 5) is 13.5. The largest absolute Gasteiger partial charge is 0.444 e. The van der Waals surface area contributed by atoms with Gasteiger partial charge < -0.3 is 33.9 Å². The quantitative estimate of drug-likeness (QED) is 0.0959. The minimum atomic E-state index is -3.52. The van der Waals surface area contributed by atoms with Gasteiger partial charge in [0.2, 0.25) is 20.0 Å². The van der Waals surface area contributed by atoms with E-state index < -0.39 is 25.6 Å². The van der Waals surface area contributed by atoms with Crippen molar-refractivity contribution in [1.29, 1.82) is 0 Å². The zero-order valence-electron chi connectivity index (χ0n) is 50.1. The molecule has 0 atom stereocenters. The lowest BCUT2D eigenvalue weighted by molar-refractivity contribution is 0.000857. The molecule has 0 unspecified atom stereocenters. The molecule has 1 amide bonds. The summed E-state index contributed by atoms with van der Waals surface area (Å²) in [6.45, 7) is 46.5. The second kappa shape index (κ2) is 35.6. The Kier molecular flexibility index (Phi) is 36.5. The van der Waals surface area contributed by atoms with E-state index in [-0.39, 0.29) is 22.3 Å². The van der Waals surface area contributed by atoms with Crippen molar-refractivity contribution >= 4 is 42.6 Å². The van der Waals surface area contributed by atoms with Gasteiger partial charge >= 0.3 is 6.09 Å². The molecule has 0 radical (unpaired) electrons. The number of alkyl carbamates (subject to hydrolysis) is 1. The van der Waals surface area contributed by atoms with E-state index in [4.69, 9.17) is 23.7 Å². The Bertz CT molecular complexity index is 1930. The van der Waals surface area contributed by atoms with E-state index in [0.717, 1.165) is 48.8 Å². The first-order chi connectivity index (χ1) is 32.5. The number of ether oxygens (including phenoxy) is 5. The smallest absolute Gasteiger partial charge is 0.407 e. The third-order valence-corrected chi connectivity index (χ3v) is 12.0. The summed E-state index contributed by atoms with van der Waals surface area (Å²) in [5.41, 5.74) is 2.03. The topological polar surface area (TPSA) is 171 Å². The predicted octanol–water partition coefficient (Wildman–Crippen LogP) is 12.5. The fourth-order valence-electron chi connectivity index (χ4n) is 5.80. The van der Waals surface area contributed by atoms with Gasteiger partial charge in [0.05, 0.1) is 50.8 Å². The van der Waals surface area contributed by atoms with Gasteiger partial charge in [-0.3, -0.25) is 0 Å². The zero-order chi connectivity index (χ0) is 56.7. The van der Waals surface area contributed by atoms with Crippen LogP contribution in [0.25, 0.3) is 10.8 Å². The molecule has 0 aromatic heterocycles. The normalized spacial score (nSPS) is 12.5. The van der Waals surface area contributed by atoms with Gasteiger partial charge in [-0.15, -0.1) is 0 Å². The average molecular weight is 1060 g/mol. The maximum atomic E-state index is 12.7. The summed E-state index contributed by atoms with van der Waals surface area (Å²) in [6.07, 6.45) is 7.17. The molecule has 0 aliphatic heterocycles. The van der Waals surface area contributed by atoms with E-state index in [9.17, 15) is 21.6 Å². The third kappa shape index (κ3) is 49.6. The Balaban J connectivity index is -0.000000870. The average Bonchev–Trinajstić information content (AvgIpc) is 3.17. The molecule has 2 rings (SSSR count). The van der Waals surface area contributed by atoms with Gasteiger partial charge in [0.15, 0.2) is 0 Å². The molecular formula is C56H110N4O10S2. The van der Waals surface area contributed by atoms with Crippen molar-refractivity contribution in [2.75, 3.05) is 98.2 Å². The molecule has 2 aromatic carbocycles. The van der Waals surface area contributed by atoms with Crippen LogP contribution in [0.2, 0.25) is 0 Å². The summed E-state index contributed by atoms with van der Waals surface area (Å²) < 4.78 is 77.8. The van der Waals surface area contributed by atoms with Crippen molar-refractivity contribution in [1.82, 2.24) is 14.8 Å². The molecule has 2 aromatic rings. The molecule has 16 heteroatoms. The molecule has 0 bridgehead atoms. The van der Waals surface area contributed by atoms with E-state index in [2.05, 4.69) is 126 Å². The van der Waals surface area contributed by atoms with E-state index >= 15 is 0 Å². The molecule has 0 saturated heterocycles. The SMILES string of the molecule is CC(C)(C)CCNC(=O)OC(C)(C)C.CC(C)(C)CCNS(C)(=O)=O.CCCC(C)(C)C.CN(C)c1cccc2c(S(=O)(=O)NCCC(C)(C)C)cccc12.COCCOCCOCCOCCC(C)(C)C. The number of carbonyl (C=O) groups is 1. The highest BCUT2D eigenvalue weighted by molar-refractivity contribution is 7.89. The van der Waals surface area contributed by atoms with Gasteiger partial charge in [0.1, 0.15) is 5.60 Å². The van der Waals surface area contributed by atoms with Crippen LogP contribution in [0.1, 0.15) is 170 Å². The van der Waals surface area contributed by atoms with Crippen LogP contribution in [0.4, 0.5) is 10.5 Å². The van der Waals surface area contributed by atoms with Crippen LogP contribution < -0.4 is 19.7 Å². The molecule has 0 saturated carbocycles. The lowest BCUT2D eigenvalue weighted by Gasteiger charge is -2.21. The van der Waals surface area contributed by atoms with Crippen molar-refractivity contribution < 1.29 is 45.3 Å². The number of benzene rings is 2. The van der Waals surface area contributed by atoms with E-state index in [0.29, 0.717) is 75.0 Å². The number of hydrogen-bond acceptors (Lipinski definition) is 11. The Morgan fingerprint density at radius 2 is 0.931 bits per heavy atom. The van der Waals surface area contributed by atoms with E-state index in [1.165, 1.54) is 19.1 Å². The van der Waals surface area contributed by atoms with Crippen molar-refractivity contribution in [2.24, 2.45) is 27.1 Å². The standard InChI is InChI=1S/C18H26N2O2S.C13H28O4.C11H23NO2.C7H17NO2S.C7H16/c1-18(2,3)12-13-19-23(21,22)17-11-7-8-14-15(17)9-6-10-16(14)20(4)5;1-13(2,3)5-6-15-9-10-17-12-11-16-8-7-14-4;1-10(2,3)7-8-12-9(13)14-11(4,5)6;1-7(2,3)5-6-8-11(4,9)10;1-5-6-7(2,3)4/h6-11,19H,12-13H2,1-5H3;5-12H2,1-4H3;7-8H2,1-6H3,(H,12,13);8H,5-6H2,1-4H3;5-6H2,1-4H3. The lowest BCUT2D eigenvalue weighted by Crippen LogP contribution is -2.34. The minimum Gasteiger partial charge on any atom is -0.444 e. The van der Waals surface area contributed by atoms with E-state index in [1.54, 1.807) is 19.2 Å². The number of carbonyl (C=O) groups excluding carboxylic acids is 1. The number of rotatable bonds is 22. The van der Waals surface area contributed by atoms with Crippen LogP contribution in [0, 0.1) is 27.1 Å². The van der Waals surface area contributed by atoms with Crippen LogP contribution in [-0.2, 0) is 43.7 Å². The van der Waals surface area contributed by atoms with Crippen molar-refractivity contribution in [2.45, 2.75) is 181 Å². The Morgan fingerprint density at radius 1 is 0.528 bits per heavy atom. The Labute approximate surface area is 443 Å². The highest BCUT2D eigenvalue weighted by Crippen LogP contribution is 2.30. The highest BCUT2D eigenvalue weighted by atomic mass is 32.2. The molecule has 0 heterocycles. The Morgan fingerprint density at radius 3 is 1.32 bits per heavy atom. The summed E-state index contributed by atoms with van der Waals surface area (Å²) in [7, 11) is -0.944. The number of nitrogens with zero attached hydrogens (tertiary/aromatic N) is 1. The van der Waals surface area contributed by atoms with Gasteiger partial charge in [-0.1, -0.05) is 141 Å². The fraction of sp³-hybridized carbons (Fsp3) is 0.804. The van der Waals surface area contributed by atoms with Crippen LogP contribution in [0.5, 0.6) is 0 Å². The van der Waals surface area contributed by atoms with Crippen LogP contribution >= 0.6 is 0 Å². The van der Waals surface area contributed by atoms with Crippen LogP contribution in [0.15, 0.2) is 41.3 Å². The number of hydrogen-bond donors (Lipinski definition) is 3. The molecule has 14 nitrogen and oxygen atoms in total. The highest BCUT2D eigenvalue weighted by Gasteiger charge is 2.20. The molecular weight excluding hydrogens is 953 g/mol. The zero-order valence-corrected chi connectivity index (χ0v) is 51.8. The molecule has 72 heavy (non-hydrogen) atoms. The predicted molar refractivity (Wildman–Crippen MR) is 306 cm³/mol. The summed E-state index contributed by atoms with van der Waals surface area (Å²) in [6, 6.07) is 11.2. The number of fused-ring (bicyclic) bond motifs is 1. The fourth-order valence-corrected chi connectivity index (χ4v) is 7.53. The number of methoxy groups -OCH3 is 1. The molecule has 0 fully saturated rings. The molecule has 3 N–H and O–H groups in total. The number of sulfonamides is 2. The van der Waals surface area contributed by atoms with Crippen LogP contribution in [-0.4, -0.2) is 122 Å². The van der Waals surface area contributed by atoms with Gasteiger partial charge in [-0.25, -0.2) is 31.1 Å². The first kappa shape index (κ1) is 73.7. The van der Waals surface area contributed by atoms with E-state index in [1.807, 2.05) is 64.0 Å². The lowest BCUT2D eigenvalue weighted by atomic mass is 9.91. The Hall–Kier alpha value is -2.57. The van der Waals surface area contributed by atoms with Gasteiger partial charge in [0, 0.05) is 63.9 Å². The first-order valence-corrected chi connectivity index (χ1v) is 29.2. The summed E-state index contributed by atoms with van der Waals surface area (Å²) >= 11 is 0. The van der Waals surface area contributed by atoms with Crippen molar-refractivity contribution in [3.8, 4) is 0 Å². The van der Waals surface area contributed by atoms with Gasteiger partial charge in [-0.2, -0.15) is 0 Å².